The summed E-state index contributed by atoms with van der Waals surface area (Å²) in [5.74, 6) is -0.0158. The number of carbonyl (C=O) groups excluding carboxylic acids is 1. The molecule has 2 N–H and O–H groups in total. The maximum Gasteiger partial charge on any atom is 0.255 e. The highest BCUT2D eigenvalue weighted by atomic mass is 16.2. The topological polar surface area (TPSA) is 75.4 Å². The second-order valence-corrected chi connectivity index (χ2v) is 7.44. The highest BCUT2D eigenvalue weighted by Gasteiger charge is 2.29. The molecule has 0 aliphatic carbocycles. The predicted octanol–water partition coefficient (Wildman–Crippen LogP) is 2.91. The zero-order valence-electron chi connectivity index (χ0n) is 16.5. The first-order valence-electron chi connectivity index (χ1n) is 9.82. The van der Waals surface area contributed by atoms with E-state index in [0.717, 1.165) is 18.7 Å². The summed E-state index contributed by atoms with van der Waals surface area (Å²) in [6, 6.07) is 14.5. The smallest absolute Gasteiger partial charge is 0.255 e. The molecular formula is C23H25N5O. The first kappa shape index (κ1) is 19.1. The number of nitrogens with zero attached hydrogens (tertiary/aromatic N) is 4. The summed E-state index contributed by atoms with van der Waals surface area (Å²) in [6.07, 6.45) is 6.95. The summed E-state index contributed by atoms with van der Waals surface area (Å²) in [7, 11) is 0. The fourth-order valence-electron chi connectivity index (χ4n) is 3.92. The Morgan fingerprint density at radius 1 is 0.931 bits per heavy atom. The van der Waals surface area contributed by atoms with Gasteiger partial charge in [0.15, 0.2) is 0 Å². The summed E-state index contributed by atoms with van der Waals surface area (Å²) in [6.45, 7) is 4.96. The average Bonchev–Trinajstić information content (AvgIpc) is 2.75. The lowest BCUT2D eigenvalue weighted by molar-refractivity contribution is 0.0597. The molecule has 29 heavy (non-hydrogen) atoms. The van der Waals surface area contributed by atoms with Gasteiger partial charge in [-0.25, -0.2) is 0 Å². The van der Waals surface area contributed by atoms with Crippen LogP contribution in [0.4, 0.5) is 5.69 Å². The van der Waals surface area contributed by atoms with E-state index in [4.69, 9.17) is 5.73 Å². The van der Waals surface area contributed by atoms with Gasteiger partial charge in [0.2, 0.25) is 0 Å². The standard InChI is InChI=1S/C23H25N5O/c1-17-11-19(14-25-13-17)22(18-5-3-2-4-6-18)27-7-9-28(10-8-27)23(29)20-12-21(24)16-26-15-20/h2-6,11-16,22H,7-10,24H2,1H3. The van der Waals surface area contributed by atoms with Gasteiger partial charge >= 0.3 is 0 Å². The summed E-state index contributed by atoms with van der Waals surface area (Å²) in [4.78, 5) is 25.6. The summed E-state index contributed by atoms with van der Waals surface area (Å²) in [5, 5.41) is 0. The zero-order valence-corrected chi connectivity index (χ0v) is 16.5. The molecule has 0 saturated carbocycles. The van der Waals surface area contributed by atoms with E-state index >= 15 is 0 Å². The first-order valence-corrected chi connectivity index (χ1v) is 9.82. The van der Waals surface area contributed by atoms with E-state index in [1.54, 1.807) is 18.5 Å². The van der Waals surface area contributed by atoms with Gasteiger partial charge in [-0.15, -0.1) is 0 Å². The first-order chi connectivity index (χ1) is 14.1. The number of aromatic nitrogens is 2. The number of piperazine rings is 1. The van der Waals surface area contributed by atoms with E-state index in [9.17, 15) is 4.79 Å². The number of hydrogen-bond donors (Lipinski definition) is 1. The van der Waals surface area contributed by atoms with Crippen LogP contribution in [0.3, 0.4) is 0 Å². The van der Waals surface area contributed by atoms with Crippen molar-refractivity contribution in [3.63, 3.8) is 0 Å². The van der Waals surface area contributed by atoms with Gasteiger partial charge in [0.25, 0.3) is 5.91 Å². The number of aryl methyl sites for hydroxylation is 1. The van der Waals surface area contributed by atoms with Crippen LogP contribution in [0.25, 0.3) is 0 Å². The van der Waals surface area contributed by atoms with Gasteiger partial charge in [-0.3, -0.25) is 19.7 Å². The minimum atomic E-state index is -0.0158. The molecule has 1 amide bonds. The molecule has 1 aliphatic rings. The largest absolute Gasteiger partial charge is 0.397 e. The van der Waals surface area contributed by atoms with Crippen LogP contribution in [-0.2, 0) is 0 Å². The van der Waals surface area contributed by atoms with Crippen molar-refractivity contribution in [2.45, 2.75) is 13.0 Å². The van der Waals surface area contributed by atoms with Gasteiger partial charge in [-0.1, -0.05) is 36.4 Å². The average molecular weight is 387 g/mol. The van der Waals surface area contributed by atoms with Crippen molar-refractivity contribution in [1.29, 1.82) is 0 Å². The Morgan fingerprint density at radius 3 is 2.34 bits per heavy atom. The number of amides is 1. The lowest BCUT2D eigenvalue weighted by atomic mass is 9.97. The van der Waals surface area contributed by atoms with Crippen LogP contribution in [0.2, 0.25) is 0 Å². The zero-order chi connectivity index (χ0) is 20.2. The Morgan fingerprint density at radius 2 is 1.66 bits per heavy atom. The van der Waals surface area contributed by atoms with Gasteiger partial charge in [-0.05, 0) is 29.7 Å². The fraction of sp³-hybridized carbons (Fsp3) is 0.261. The van der Waals surface area contributed by atoms with E-state index in [1.165, 1.54) is 11.1 Å². The molecule has 1 aliphatic heterocycles. The quantitative estimate of drug-likeness (QED) is 0.745. The second-order valence-electron chi connectivity index (χ2n) is 7.44. The Bertz CT molecular complexity index is 983. The monoisotopic (exact) mass is 387 g/mol. The molecule has 3 aromatic rings. The van der Waals surface area contributed by atoms with E-state index in [0.29, 0.717) is 24.3 Å². The van der Waals surface area contributed by atoms with Crippen LogP contribution in [0, 0.1) is 6.92 Å². The van der Waals surface area contributed by atoms with Gasteiger partial charge in [0.1, 0.15) is 0 Å². The normalized spacial score (nSPS) is 15.8. The SMILES string of the molecule is Cc1cncc(C(c2ccccc2)N2CCN(C(=O)c3cncc(N)c3)CC2)c1. The van der Waals surface area contributed by atoms with Crippen LogP contribution >= 0.6 is 0 Å². The number of hydrogen-bond acceptors (Lipinski definition) is 5. The van der Waals surface area contributed by atoms with Crippen LogP contribution < -0.4 is 5.73 Å². The summed E-state index contributed by atoms with van der Waals surface area (Å²) < 4.78 is 0. The van der Waals surface area contributed by atoms with Crippen LogP contribution in [0.1, 0.15) is 33.1 Å². The van der Waals surface area contributed by atoms with E-state index in [1.807, 2.05) is 23.4 Å². The van der Waals surface area contributed by atoms with Crippen LogP contribution in [0.5, 0.6) is 0 Å². The Hall–Kier alpha value is -3.25. The molecular weight excluding hydrogens is 362 g/mol. The van der Waals surface area contributed by atoms with Gasteiger partial charge in [-0.2, -0.15) is 0 Å². The number of nitrogens with two attached hydrogens (primary N) is 1. The Labute approximate surface area is 171 Å². The van der Waals surface area contributed by atoms with Crippen molar-refractivity contribution in [1.82, 2.24) is 19.8 Å². The molecule has 0 radical (unpaired) electrons. The van der Waals surface area contributed by atoms with Crippen molar-refractivity contribution in [3.05, 3.63) is 89.5 Å². The number of pyridine rings is 2. The molecule has 6 heteroatoms. The van der Waals surface area contributed by atoms with Crippen LogP contribution in [-0.4, -0.2) is 51.9 Å². The number of rotatable bonds is 4. The molecule has 0 spiro atoms. The molecule has 1 fully saturated rings. The number of nitrogen functional groups attached to an aromatic ring is 1. The maximum atomic E-state index is 12.8. The molecule has 1 unspecified atom stereocenters. The van der Waals surface area contributed by atoms with Crippen molar-refractivity contribution in [2.24, 2.45) is 0 Å². The number of carbonyl (C=O) groups is 1. The molecule has 4 rings (SSSR count). The van der Waals surface area contributed by atoms with Gasteiger partial charge < -0.3 is 10.6 Å². The fourth-order valence-corrected chi connectivity index (χ4v) is 3.92. The van der Waals surface area contributed by atoms with Gasteiger partial charge in [0.05, 0.1) is 17.3 Å². The van der Waals surface area contributed by atoms with Gasteiger partial charge in [0, 0.05) is 51.0 Å². The summed E-state index contributed by atoms with van der Waals surface area (Å²) in [5.41, 5.74) is 10.4. The maximum absolute atomic E-state index is 12.8. The lowest BCUT2D eigenvalue weighted by Gasteiger charge is -2.39. The lowest BCUT2D eigenvalue weighted by Crippen LogP contribution is -2.49. The Balaban J connectivity index is 1.53. The highest BCUT2D eigenvalue weighted by molar-refractivity contribution is 5.94. The summed E-state index contributed by atoms with van der Waals surface area (Å²) >= 11 is 0. The predicted molar refractivity (Wildman–Crippen MR) is 113 cm³/mol. The number of anilines is 1. The minimum Gasteiger partial charge on any atom is -0.397 e. The Kier molecular flexibility index (Phi) is 5.53. The molecule has 1 saturated heterocycles. The van der Waals surface area contributed by atoms with E-state index < -0.39 is 0 Å². The van der Waals surface area contributed by atoms with Crippen molar-refractivity contribution in [3.8, 4) is 0 Å². The molecule has 2 aromatic heterocycles. The molecule has 148 valence electrons. The van der Waals surface area contributed by atoms with Crippen molar-refractivity contribution >= 4 is 11.6 Å². The molecule has 6 nitrogen and oxygen atoms in total. The molecule has 1 atom stereocenters. The second kappa shape index (κ2) is 8.41. The third-order valence-electron chi connectivity index (χ3n) is 5.30. The molecule has 0 bridgehead atoms. The molecule has 3 heterocycles. The van der Waals surface area contributed by atoms with Crippen LogP contribution in [0.15, 0.2) is 67.3 Å². The van der Waals surface area contributed by atoms with E-state index in [2.05, 4.69) is 52.1 Å². The highest BCUT2D eigenvalue weighted by Crippen LogP contribution is 2.29. The van der Waals surface area contributed by atoms with E-state index in [-0.39, 0.29) is 11.9 Å². The van der Waals surface area contributed by atoms with Crippen molar-refractivity contribution < 1.29 is 4.79 Å². The third-order valence-corrected chi connectivity index (χ3v) is 5.30. The third kappa shape index (κ3) is 4.27. The van der Waals surface area contributed by atoms with Crippen molar-refractivity contribution in [2.75, 3.05) is 31.9 Å². The minimum absolute atomic E-state index is 0.0158. The number of benzene rings is 1. The molecule has 1 aromatic carbocycles.